The molecule has 4 N–H and O–H groups in total. The van der Waals surface area contributed by atoms with Gasteiger partial charge in [0, 0.05) is 6.92 Å². The third-order valence-corrected chi connectivity index (χ3v) is 3.80. The van der Waals surface area contributed by atoms with E-state index < -0.39 is 37.3 Å². The van der Waals surface area contributed by atoms with E-state index >= 15 is 0 Å². The van der Waals surface area contributed by atoms with E-state index in [9.17, 15) is 20.1 Å². The van der Waals surface area contributed by atoms with Gasteiger partial charge in [0.1, 0.15) is 24.4 Å². The van der Waals surface area contributed by atoms with Crippen LogP contribution >= 0.6 is 0 Å². The Hall–Kier alpha value is -0.730. The van der Waals surface area contributed by atoms with Gasteiger partial charge in [-0.3, -0.25) is 4.79 Å². The molecule has 1 aliphatic heterocycles. The SMILES string of the molecule is CCCC(CCC)OC1OC(CO)C(O)C(O)C1NC(C)=O. The summed E-state index contributed by atoms with van der Waals surface area (Å²) in [5.41, 5.74) is 0. The number of ether oxygens (including phenoxy) is 2. The van der Waals surface area contributed by atoms with Crippen molar-refractivity contribution in [3.8, 4) is 0 Å². The smallest absolute Gasteiger partial charge is 0.217 e. The van der Waals surface area contributed by atoms with Gasteiger partial charge in [-0.1, -0.05) is 26.7 Å². The highest BCUT2D eigenvalue weighted by Crippen LogP contribution is 2.25. The third kappa shape index (κ3) is 5.17. The molecule has 0 aromatic rings. The highest BCUT2D eigenvalue weighted by atomic mass is 16.7. The van der Waals surface area contributed by atoms with Crippen LogP contribution in [-0.4, -0.2) is 64.6 Å². The summed E-state index contributed by atoms with van der Waals surface area (Å²) in [6, 6.07) is -0.869. The van der Waals surface area contributed by atoms with Gasteiger partial charge in [0.2, 0.25) is 5.91 Å². The zero-order valence-corrected chi connectivity index (χ0v) is 13.6. The lowest BCUT2D eigenvalue weighted by atomic mass is 9.96. The molecule has 7 heteroatoms. The Labute approximate surface area is 131 Å². The molecule has 1 fully saturated rings. The van der Waals surface area contributed by atoms with Crippen molar-refractivity contribution in [3.05, 3.63) is 0 Å². The van der Waals surface area contributed by atoms with Gasteiger partial charge in [-0.05, 0) is 12.8 Å². The van der Waals surface area contributed by atoms with Crippen LogP contribution < -0.4 is 5.32 Å². The van der Waals surface area contributed by atoms with Gasteiger partial charge >= 0.3 is 0 Å². The van der Waals surface area contributed by atoms with E-state index in [0.29, 0.717) is 0 Å². The lowest BCUT2D eigenvalue weighted by Crippen LogP contribution is -2.65. The maximum Gasteiger partial charge on any atom is 0.217 e. The summed E-state index contributed by atoms with van der Waals surface area (Å²) < 4.78 is 11.5. The highest BCUT2D eigenvalue weighted by Gasteiger charge is 2.45. The number of carbonyl (C=O) groups excluding carboxylic acids is 1. The molecule has 22 heavy (non-hydrogen) atoms. The van der Waals surface area contributed by atoms with Crippen molar-refractivity contribution >= 4 is 5.91 Å². The molecule has 0 radical (unpaired) electrons. The monoisotopic (exact) mass is 319 g/mol. The number of nitrogens with one attached hydrogen (secondary N) is 1. The summed E-state index contributed by atoms with van der Waals surface area (Å²) in [5, 5.41) is 32.0. The molecule has 5 unspecified atom stereocenters. The fraction of sp³-hybridized carbons (Fsp3) is 0.933. The Morgan fingerprint density at radius 1 is 1.23 bits per heavy atom. The Kier molecular flexibility index (Phi) is 8.27. The standard InChI is InChI=1S/C15H29NO6/c1-4-6-10(7-5-2)21-15-12(16-9(3)18)14(20)13(19)11(8-17)22-15/h10-15,17,19-20H,4-8H2,1-3H3,(H,16,18). The predicted octanol–water partition coefficient (Wildman–Crippen LogP) is -0.0845. The number of aliphatic hydroxyl groups excluding tert-OH is 3. The average Bonchev–Trinajstić information content (AvgIpc) is 2.46. The van der Waals surface area contributed by atoms with Crippen LogP contribution in [0.5, 0.6) is 0 Å². The second-order valence-electron chi connectivity index (χ2n) is 5.77. The summed E-state index contributed by atoms with van der Waals surface area (Å²) in [6.07, 6.45) is -0.880. The number of amides is 1. The van der Waals surface area contributed by atoms with E-state index in [1.807, 2.05) is 13.8 Å². The van der Waals surface area contributed by atoms with Crippen molar-refractivity contribution in [2.75, 3.05) is 6.61 Å². The van der Waals surface area contributed by atoms with Crippen molar-refractivity contribution in [1.82, 2.24) is 5.32 Å². The van der Waals surface area contributed by atoms with Crippen molar-refractivity contribution in [2.24, 2.45) is 0 Å². The van der Waals surface area contributed by atoms with E-state index in [1.165, 1.54) is 6.92 Å². The summed E-state index contributed by atoms with van der Waals surface area (Å²) in [6.45, 7) is 4.99. The van der Waals surface area contributed by atoms with Gasteiger partial charge in [-0.2, -0.15) is 0 Å². The minimum Gasteiger partial charge on any atom is -0.394 e. The van der Waals surface area contributed by atoms with E-state index in [4.69, 9.17) is 9.47 Å². The molecule has 7 nitrogen and oxygen atoms in total. The van der Waals surface area contributed by atoms with Crippen LogP contribution in [0.4, 0.5) is 0 Å². The number of carbonyl (C=O) groups is 1. The zero-order chi connectivity index (χ0) is 16.7. The summed E-state index contributed by atoms with van der Waals surface area (Å²) in [7, 11) is 0. The molecule has 0 spiro atoms. The Bertz CT molecular complexity index is 334. The van der Waals surface area contributed by atoms with Crippen LogP contribution in [-0.2, 0) is 14.3 Å². The predicted molar refractivity (Wildman–Crippen MR) is 80.1 cm³/mol. The number of hydrogen-bond acceptors (Lipinski definition) is 6. The molecule has 0 saturated carbocycles. The Balaban J connectivity index is 2.85. The minimum atomic E-state index is -1.28. The lowest BCUT2D eigenvalue weighted by molar-refractivity contribution is -0.282. The summed E-state index contributed by atoms with van der Waals surface area (Å²) >= 11 is 0. The second-order valence-corrected chi connectivity index (χ2v) is 5.77. The fourth-order valence-electron chi connectivity index (χ4n) is 2.70. The van der Waals surface area contributed by atoms with Gasteiger partial charge in [0.25, 0.3) is 0 Å². The van der Waals surface area contributed by atoms with E-state index in [1.54, 1.807) is 0 Å². The van der Waals surface area contributed by atoms with Crippen LogP contribution in [0.15, 0.2) is 0 Å². The van der Waals surface area contributed by atoms with E-state index in [0.717, 1.165) is 25.7 Å². The van der Waals surface area contributed by atoms with Crippen molar-refractivity contribution < 1.29 is 29.6 Å². The maximum absolute atomic E-state index is 11.3. The summed E-state index contributed by atoms with van der Waals surface area (Å²) in [4.78, 5) is 11.3. The van der Waals surface area contributed by atoms with Crippen molar-refractivity contribution in [2.45, 2.75) is 83.2 Å². The first-order valence-corrected chi connectivity index (χ1v) is 7.99. The van der Waals surface area contributed by atoms with E-state index in [-0.39, 0.29) is 12.0 Å². The maximum atomic E-state index is 11.3. The number of hydrogen-bond donors (Lipinski definition) is 4. The van der Waals surface area contributed by atoms with Crippen molar-refractivity contribution in [1.29, 1.82) is 0 Å². The molecule has 0 aromatic heterocycles. The number of rotatable bonds is 8. The molecule has 130 valence electrons. The molecule has 0 bridgehead atoms. The first kappa shape index (κ1) is 19.3. The minimum absolute atomic E-state index is 0.0574. The van der Waals surface area contributed by atoms with Crippen LogP contribution in [0, 0.1) is 0 Å². The van der Waals surface area contributed by atoms with Crippen LogP contribution in [0.25, 0.3) is 0 Å². The fourth-order valence-corrected chi connectivity index (χ4v) is 2.70. The topological polar surface area (TPSA) is 108 Å². The van der Waals surface area contributed by atoms with Crippen LogP contribution in [0.3, 0.4) is 0 Å². The largest absolute Gasteiger partial charge is 0.394 e. The van der Waals surface area contributed by atoms with Gasteiger partial charge in [-0.25, -0.2) is 0 Å². The second kappa shape index (κ2) is 9.42. The molecule has 0 aliphatic carbocycles. The summed E-state index contributed by atoms with van der Waals surface area (Å²) in [5.74, 6) is -0.349. The van der Waals surface area contributed by atoms with Gasteiger partial charge in [0.05, 0.1) is 12.7 Å². The number of aliphatic hydroxyl groups is 3. The Morgan fingerprint density at radius 3 is 2.27 bits per heavy atom. The van der Waals surface area contributed by atoms with Crippen molar-refractivity contribution in [3.63, 3.8) is 0 Å². The quantitative estimate of drug-likeness (QED) is 0.498. The average molecular weight is 319 g/mol. The lowest BCUT2D eigenvalue weighted by Gasteiger charge is -2.43. The molecule has 0 aromatic carbocycles. The molecule has 1 amide bonds. The normalized spacial score (nSPS) is 32.2. The molecule has 1 rings (SSSR count). The van der Waals surface area contributed by atoms with E-state index in [2.05, 4.69) is 5.32 Å². The molecule has 1 saturated heterocycles. The zero-order valence-electron chi connectivity index (χ0n) is 13.6. The van der Waals surface area contributed by atoms with Crippen LogP contribution in [0.2, 0.25) is 0 Å². The first-order chi connectivity index (χ1) is 10.4. The van der Waals surface area contributed by atoms with Gasteiger partial charge in [0.15, 0.2) is 6.29 Å². The van der Waals surface area contributed by atoms with Crippen LogP contribution in [0.1, 0.15) is 46.5 Å². The molecule has 1 heterocycles. The molecule has 1 aliphatic rings. The molecule has 5 atom stereocenters. The molecular weight excluding hydrogens is 290 g/mol. The van der Waals surface area contributed by atoms with Gasteiger partial charge < -0.3 is 30.1 Å². The highest BCUT2D eigenvalue weighted by molar-refractivity contribution is 5.73. The molecular formula is C15H29NO6. The third-order valence-electron chi connectivity index (χ3n) is 3.80. The Morgan fingerprint density at radius 2 is 1.82 bits per heavy atom. The first-order valence-electron chi connectivity index (χ1n) is 7.99. The van der Waals surface area contributed by atoms with Gasteiger partial charge in [-0.15, -0.1) is 0 Å².